The van der Waals surface area contributed by atoms with Gasteiger partial charge in [-0.25, -0.2) is 0 Å². The summed E-state index contributed by atoms with van der Waals surface area (Å²) in [4.78, 5) is 13.5. The minimum atomic E-state index is -4.23. The van der Waals surface area contributed by atoms with Gasteiger partial charge in [0.2, 0.25) is 0 Å². The summed E-state index contributed by atoms with van der Waals surface area (Å²) in [7, 11) is 0. The first kappa shape index (κ1) is 14.8. The third-order valence-electron chi connectivity index (χ3n) is 3.61. The molecule has 0 aliphatic carbocycles. The van der Waals surface area contributed by atoms with Crippen molar-refractivity contribution >= 4 is 5.91 Å². The second-order valence-electron chi connectivity index (χ2n) is 5.03. The van der Waals surface area contributed by atoms with E-state index in [2.05, 4.69) is 0 Å². The van der Waals surface area contributed by atoms with E-state index in [9.17, 15) is 18.0 Å². The molecule has 1 fully saturated rings. The zero-order valence-electron chi connectivity index (χ0n) is 11.0. The molecule has 0 spiro atoms. The third-order valence-corrected chi connectivity index (χ3v) is 3.61. The van der Waals surface area contributed by atoms with Gasteiger partial charge in [-0.2, -0.15) is 13.2 Å². The number of rotatable bonds is 2. The van der Waals surface area contributed by atoms with Gasteiger partial charge in [0, 0.05) is 25.2 Å². The maximum atomic E-state index is 12.7. The molecule has 0 saturated carbocycles. The van der Waals surface area contributed by atoms with Crippen LogP contribution in [0.25, 0.3) is 0 Å². The molecule has 2 N–H and O–H groups in total. The van der Waals surface area contributed by atoms with E-state index in [-0.39, 0.29) is 18.9 Å². The second-order valence-corrected chi connectivity index (χ2v) is 5.03. The van der Waals surface area contributed by atoms with Crippen LogP contribution in [0.2, 0.25) is 0 Å². The number of piperidine rings is 1. The quantitative estimate of drug-likeness (QED) is 0.908. The van der Waals surface area contributed by atoms with Crippen LogP contribution in [0.15, 0.2) is 24.3 Å². The van der Waals surface area contributed by atoms with Crippen molar-refractivity contribution in [2.45, 2.75) is 25.6 Å². The van der Waals surface area contributed by atoms with Crippen molar-refractivity contribution in [3.63, 3.8) is 0 Å². The summed E-state index contributed by atoms with van der Waals surface area (Å²) in [6.07, 6.45) is -3.75. The lowest BCUT2D eigenvalue weighted by Gasteiger charge is -2.33. The molecule has 0 unspecified atom stereocenters. The molecular formula is C14H17F3N2O. The molecule has 1 aliphatic heterocycles. The molecule has 1 aromatic carbocycles. The minimum Gasteiger partial charge on any atom is -0.338 e. The third kappa shape index (κ3) is 3.30. The zero-order valence-corrected chi connectivity index (χ0v) is 11.0. The van der Waals surface area contributed by atoms with E-state index in [0.717, 1.165) is 5.56 Å². The molecule has 0 radical (unpaired) electrons. The number of nitrogens with two attached hydrogens (primary N) is 1. The van der Waals surface area contributed by atoms with E-state index in [1.165, 1.54) is 4.90 Å². The van der Waals surface area contributed by atoms with Gasteiger partial charge in [-0.1, -0.05) is 12.1 Å². The van der Waals surface area contributed by atoms with Crippen molar-refractivity contribution in [2.24, 2.45) is 11.7 Å². The number of alkyl halides is 3. The zero-order chi connectivity index (χ0) is 14.8. The summed E-state index contributed by atoms with van der Waals surface area (Å²) in [6, 6.07) is 6.67. The van der Waals surface area contributed by atoms with Gasteiger partial charge in [-0.15, -0.1) is 0 Å². The number of benzene rings is 1. The lowest BCUT2D eigenvalue weighted by Crippen LogP contribution is -2.44. The Labute approximate surface area is 115 Å². The summed E-state index contributed by atoms with van der Waals surface area (Å²) >= 11 is 0. The van der Waals surface area contributed by atoms with E-state index in [1.807, 2.05) is 0 Å². The topological polar surface area (TPSA) is 46.3 Å². The molecule has 6 heteroatoms. The summed E-state index contributed by atoms with van der Waals surface area (Å²) < 4.78 is 38.2. The largest absolute Gasteiger partial charge is 0.393 e. The predicted octanol–water partition coefficient (Wildman–Crippen LogP) is 2.56. The standard InChI is InChI=1S/C14H17F3N2O/c15-14(16,17)12-2-1-7-19(9-12)13(20)11-5-3-10(8-18)4-6-11/h3-6,12H,1-2,7-9,18H2/t12-/m1/s1. The van der Waals surface area contributed by atoms with Gasteiger partial charge in [0.25, 0.3) is 5.91 Å². The van der Waals surface area contributed by atoms with Crippen molar-refractivity contribution in [2.75, 3.05) is 13.1 Å². The molecule has 0 bridgehead atoms. The fourth-order valence-corrected chi connectivity index (χ4v) is 2.39. The van der Waals surface area contributed by atoms with Crippen molar-refractivity contribution in [1.29, 1.82) is 0 Å². The van der Waals surface area contributed by atoms with Crippen LogP contribution in [0.1, 0.15) is 28.8 Å². The summed E-state index contributed by atoms with van der Waals surface area (Å²) in [5.74, 6) is -1.76. The lowest BCUT2D eigenvalue weighted by molar-refractivity contribution is -0.184. The summed E-state index contributed by atoms with van der Waals surface area (Å²) in [5, 5.41) is 0. The van der Waals surface area contributed by atoms with Gasteiger partial charge >= 0.3 is 6.18 Å². The Morgan fingerprint density at radius 1 is 1.30 bits per heavy atom. The smallest absolute Gasteiger partial charge is 0.338 e. The van der Waals surface area contributed by atoms with E-state index < -0.39 is 12.1 Å². The van der Waals surface area contributed by atoms with E-state index in [1.54, 1.807) is 24.3 Å². The van der Waals surface area contributed by atoms with Crippen molar-refractivity contribution in [1.82, 2.24) is 4.90 Å². The van der Waals surface area contributed by atoms with Gasteiger partial charge in [-0.3, -0.25) is 4.79 Å². The van der Waals surface area contributed by atoms with E-state index in [0.29, 0.717) is 25.1 Å². The summed E-state index contributed by atoms with van der Waals surface area (Å²) in [6.45, 7) is 0.499. The molecule has 1 aliphatic rings. The molecule has 1 aromatic rings. The Balaban J connectivity index is 2.08. The van der Waals surface area contributed by atoms with Crippen LogP contribution in [0.5, 0.6) is 0 Å². The van der Waals surface area contributed by atoms with Gasteiger partial charge in [0.1, 0.15) is 0 Å². The maximum absolute atomic E-state index is 12.7. The molecule has 20 heavy (non-hydrogen) atoms. The molecule has 110 valence electrons. The van der Waals surface area contributed by atoms with Crippen LogP contribution in [-0.4, -0.2) is 30.1 Å². The maximum Gasteiger partial charge on any atom is 0.393 e. The number of hydrogen-bond acceptors (Lipinski definition) is 2. The number of halogens is 3. The second kappa shape index (κ2) is 5.83. The average molecular weight is 286 g/mol. The Morgan fingerprint density at radius 2 is 1.95 bits per heavy atom. The highest BCUT2D eigenvalue weighted by Crippen LogP contribution is 2.33. The molecular weight excluding hydrogens is 269 g/mol. The molecule has 2 rings (SSSR count). The number of carbonyl (C=O) groups excluding carboxylic acids is 1. The number of hydrogen-bond donors (Lipinski definition) is 1. The molecule has 1 saturated heterocycles. The molecule has 1 amide bonds. The van der Waals surface area contributed by atoms with Gasteiger partial charge in [-0.05, 0) is 30.5 Å². The Bertz CT molecular complexity index is 470. The van der Waals surface area contributed by atoms with Gasteiger partial charge in [0.05, 0.1) is 5.92 Å². The lowest BCUT2D eigenvalue weighted by atomic mass is 9.97. The van der Waals surface area contributed by atoms with Crippen LogP contribution in [0.3, 0.4) is 0 Å². The number of nitrogens with zero attached hydrogens (tertiary/aromatic N) is 1. The van der Waals surface area contributed by atoms with Crippen LogP contribution in [0.4, 0.5) is 13.2 Å². The Kier molecular flexibility index (Phi) is 4.32. The first-order chi connectivity index (χ1) is 9.41. The van der Waals surface area contributed by atoms with Gasteiger partial charge < -0.3 is 10.6 Å². The average Bonchev–Trinajstić information content (AvgIpc) is 2.46. The number of likely N-dealkylation sites (tertiary alicyclic amines) is 1. The van der Waals surface area contributed by atoms with E-state index in [4.69, 9.17) is 5.73 Å². The van der Waals surface area contributed by atoms with Crippen LogP contribution in [0, 0.1) is 5.92 Å². The first-order valence-corrected chi connectivity index (χ1v) is 6.57. The monoisotopic (exact) mass is 286 g/mol. The fraction of sp³-hybridized carbons (Fsp3) is 0.500. The van der Waals surface area contributed by atoms with E-state index >= 15 is 0 Å². The normalized spacial score (nSPS) is 20.0. The highest BCUT2D eigenvalue weighted by atomic mass is 19.4. The highest BCUT2D eigenvalue weighted by Gasteiger charge is 2.42. The molecule has 1 heterocycles. The van der Waals surface area contributed by atoms with Crippen molar-refractivity contribution in [3.05, 3.63) is 35.4 Å². The first-order valence-electron chi connectivity index (χ1n) is 6.57. The van der Waals surface area contributed by atoms with Crippen LogP contribution in [-0.2, 0) is 6.54 Å². The SMILES string of the molecule is NCc1ccc(C(=O)N2CCC[C@@H](C(F)(F)F)C2)cc1. The summed E-state index contributed by atoms with van der Waals surface area (Å²) in [5.41, 5.74) is 6.75. The van der Waals surface area contributed by atoms with Crippen LogP contribution < -0.4 is 5.73 Å². The minimum absolute atomic E-state index is 0.0966. The van der Waals surface area contributed by atoms with Crippen LogP contribution >= 0.6 is 0 Å². The molecule has 3 nitrogen and oxygen atoms in total. The fourth-order valence-electron chi connectivity index (χ4n) is 2.39. The predicted molar refractivity (Wildman–Crippen MR) is 69.0 cm³/mol. The van der Waals surface area contributed by atoms with Crippen molar-refractivity contribution in [3.8, 4) is 0 Å². The Hall–Kier alpha value is -1.56. The molecule has 1 atom stereocenters. The molecule has 0 aromatic heterocycles. The number of amides is 1. The Morgan fingerprint density at radius 3 is 2.50 bits per heavy atom. The highest BCUT2D eigenvalue weighted by molar-refractivity contribution is 5.94. The van der Waals surface area contributed by atoms with Crippen molar-refractivity contribution < 1.29 is 18.0 Å². The van der Waals surface area contributed by atoms with Gasteiger partial charge in [0.15, 0.2) is 0 Å². The number of carbonyl (C=O) groups is 1.